The van der Waals surface area contributed by atoms with Gasteiger partial charge in [0.05, 0.1) is 12.5 Å². The van der Waals surface area contributed by atoms with Gasteiger partial charge in [-0.2, -0.15) is 0 Å². The molecular weight excluding hydrogens is 270 g/mol. The first-order valence-corrected chi connectivity index (χ1v) is 7.18. The van der Waals surface area contributed by atoms with E-state index in [9.17, 15) is 9.59 Å². The van der Waals surface area contributed by atoms with Gasteiger partial charge in [0.15, 0.2) is 0 Å². The second-order valence-corrected chi connectivity index (χ2v) is 5.08. The molecule has 114 valence electrons. The average Bonchev–Trinajstić information content (AvgIpc) is 2.49. The summed E-state index contributed by atoms with van der Waals surface area (Å²) < 4.78 is 5.35. The molecule has 1 unspecified atom stereocenters. The number of piperidine rings is 1. The van der Waals surface area contributed by atoms with Crippen molar-refractivity contribution in [1.82, 2.24) is 4.90 Å². The molecule has 1 aromatic carbocycles. The van der Waals surface area contributed by atoms with E-state index in [2.05, 4.69) is 5.32 Å². The third-order valence-corrected chi connectivity index (χ3v) is 3.53. The second kappa shape index (κ2) is 6.97. The summed E-state index contributed by atoms with van der Waals surface area (Å²) in [5.41, 5.74) is 6.01. The lowest BCUT2D eigenvalue weighted by Crippen LogP contribution is -2.45. The Morgan fingerprint density at radius 1 is 1.38 bits per heavy atom. The standard InChI is InChI=1S/C15H21N3O3/c1-2-21-13-7-5-12(6-8-13)17-15(20)18-9-3-4-11(10-18)14(16)19/h5-8,11H,2-4,9-10H2,1H3,(H2,16,19)(H,17,20). The number of primary amides is 1. The highest BCUT2D eigenvalue weighted by Crippen LogP contribution is 2.19. The monoisotopic (exact) mass is 291 g/mol. The molecule has 0 saturated carbocycles. The molecule has 3 N–H and O–H groups in total. The lowest BCUT2D eigenvalue weighted by Gasteiger charge is -2.31. The van der Waals surface area contributed by atoms with E-state index in [0.29, 0.717) is 25.4 Å². The molecule has 3 amide bonds. The molecule has 6 nitrogen and oxygen atoms in total. The molecule has 1 saturated heterocycles. The van der Waals surface area contributed by atoms with Gasteiger partial charge in [-0.05, 0) is 44.0 Å². The van der Waals surface area contributed by atoms with Crippen LogP contribution in [-0.2, 0) is 4.79 Å². The Hall–Kier alpha value is -2.24. The number of urea groups is 1. The molecule has 0 radical (unpaired) electrons. The number of amides is 3. The Morgan fingerprint density at radius 3 is 2.71 bits per heavy atom. The van der Waals surface area contributed by atoms with Gasteiger partial charge in [0, 0.05) is 18.8 Å². The number of ether oxygens (including phenoxy) is 1. The van der Waals surface area contributed by atoms with Crippen LogP contribution < -0.4 is 15.8 Å². The summed E-state index contributed by atoms with van der Waals surface area (Å²) in [6, 6.07) is 6.99. The summed E-state index contributed by atoms with van der Waals surface area (Å²) in [7, 11) is 0. The Balaban J connectivity index is 1.92. The summed E-state index contributed by atoms with van der Waals surface area (Å²) in [5, 5.41) is 2.82. The molecule has 6 heteroatoms. The van der Waals surface area contributed by atoms with Crippen molar-refractivity contribution in [3.8, 4) is 5.75 Å². The number of nitrogens with one attached hydrogen (secondary N) is 1. The van der Waals surface area contributed by atoms with Crippen molar-refractivity contribution in [2.75, 3.05) is 25.0 Å². The van der Waals surface area contributed by atoms with Gasteiger partial charge >= 0.3 is 6.03 Å². The molecule has 0 bridgehead atoms. The largest absolute Gasteiger partial charge is 0.494 e. The zero-order valence-corrected chi connectivity index (χ0v) is 12.2. The fourth-order valence-corrected chi connectivity index (χ4v) is 2.40. The van der Waals surface area contributed by atoms with Crippen molar-refractivity contribution in [2.24, 2.45) is 11.7 Å². The highest BCUT2D eigenvalue weighted by molar-refractivity contribution is 5.90. The van der Waals surface area contributed by atoms with Crippen LogP contribution in [0.1, 0.15) is 19.8 Å². The smallest absolute Gasteiger partial charge is 0.321 e. The van der Waals surface area contributed by atoms with Crippen LogP contribution in [0.5, 0.6) is 5.75 Å². The molecule has 1 atom stereocenters. The average molecular weight is 291 g/mol. The first kappa shape index (κ1) is 15.2. The van der Waals surface area contributed by atoms with E-state index < -0.39 is 0 Å². The summed E-state index contributed by atoms with van der Waals surface area (Å²) in [6.07, 6.45) is 1.55. The van der Waals surface area contributed by atoms with Crippen LogP contribution in [0.15, 0.2) is 24.3 Å². The van der Waals surface area contributed by atoms with Gasteiger partial charge in [0.25, 0.3) is 0 Å². The van der Waals surface area contributed by atoms with E-state index in [1.54, 1.807) is 17.0 Å². The van der Waals surface area contributed by atoms with E-state index in [-0.39, 0.29) is 17.9 Å². The maximum absolute atomic E-state index is 12.2. The van der Waals surface area contributed by atoms with Gasteiger partial charge in [-0.15, -0.1) is 0 Å². The zero-order chi connectivity index (χ0) is 15.2. The van der Waals surface area contributed by atoms with Crippen molar-refractivity contribution in [3.63, 3.8) is 0 Å². The first-order valence-electron chi connectivity index (χ1n) is 7.18. The number of carbonyl (C=O) groups is 2. The number of nitrogens with zero attached hydrogens (tertiary/aromatic N) is 1. The number of hydrogen-bond donors (Lipinski definition) is 2. The molecule has 21 heavy (non-hydrogen) atoms. The maximum atomic E-state index is 12.2. The Kier molecular flexibility index (Phi) is 5.03. The number of nitrogens with two attached hydrogens (primary N) is 1. The third-order valence-electron chi connectivity index (χ3n) is 3.53. The molecular formula is C15H21N3O3. The Morgan fingerprint density at radius 2 is 2.10 bits per heavy atom. The molecule has 1 aromatic rings. The number of benzene rings is 1. The second-order valence-electron chi connectivity index (χ2n) is 5.08. The first-order chi connectivity index (χ1) is 10.1. The Bertz CT molecular complexity index is 501. The summed E-state index contributed by atoms with van der Waals surface area (Å²) in [6.45, 7) is 3.56. The van der Waals surface area contributed by atoms with Crippen LogP contribution in [-0.4, -0.2) is 36.5 Å². The highest BCUT2D eigenvalue weighted by atomic mass is 16.5. The van der Waals surface area contributed by atoms with Crippen LogP contribution >= 0.6 is 0 Å². The van der Waals surface area contributed by atoms with Crippen molar-refractivity contribution in [3.05, 3.63) is 24.3 Å². The fourth-order valence-electron chi connectivity index (χ4n) is 2.40. The summed E-state index contributed by atoms with van der Waals surface area (Å²) in [5.74, 6) is 0.181. The van der Waals surface area contributed by atoms with E-state index in [4.69, 9.17) is 10.5 Å². The molecule has 1 fully saturated rings. The van der Waals surface area contributed by atoms with Crippen LogP contribution in [0, 0.1) is 5.92 Å². The zero-order valence-electron chi connectivity index (χ0n) is 12.2. The number of likely N-dealkylation sites (tertiary alicyclic amines) is 1. The maximum Gasteiger partial charge on any atom is 0.321 e. The van der Waals surface area contributed by atoms with Crippen molar-refractivity contribution < 1.29 is 14.3 Å². The summed E-state index contributed by atoms with van der Waals surface area (Å²) >= 11 is 0. The van der Waals surface area contributed by atoms with Gasteiger partial charge in [0.2, 0.25) is 5.91 Å². The number of anilines is 1. The van der Waals surface area contributed by atoms with E-state index in [1.807, 2.05) is 19.1 Å². The topological polar surface area (TPSA) is 84.7 Å². The molecule has 2 rings (SSSR count). The van der Waals surface area contributed by atoms with Crippen LogP contribution in [0.4, 0.5) is 10.5 Å². The minimum Gasteiger partial charge on any atom is -0.494 e. The van der Waals surface area contributed by atoms with Gasteiger partial charge in [0.1, 0.15) is 5.75 Å². The molecule has 1 aliphatic heterocycles. The van der Waals surface area contributed by atoms with Crippen LogP contribution in [0.25, 0.3) is 0 Å². The fraction of sp³-hybridized carbons (Fsp3) is 0.467. The summed E-state index contributed by atoms with van der Waals surface area (Å²) in [4.78, 5) is 25.0. The Labute approximate surface area is 124 Å². The number of hydrogen-bond acceptors (Lipinski definition) is 3. The number of carbonyl (C=O) groups excluding carboxylic acids is 2. The SMILES string of the molecule is CCOc1ccc(NC(=O)N2CCCC(C(N)=O)C2)cc1. The van der Waals surface area contributed by atoms with Crippen LogP contribution in [0.2, 0.25) is 0 Å². The molecule has 0 aromatic heterocycles. The van der Waals surface area contributed by atoms with E-state index >= 15 is 0 Å². The van der Waals surface area contributed by atoms with Crippen molar-refractivity contribution in [2.45, 2.75) is 19.8 Å². The number of rotatable bonds is 4. The predicted molar refractivity (Wildman–Crippen MR) is 80.1 cm³/mol. The van der Waals surface area contributed by atoms with Gasteiger partial charge < -0.3 is 20.7 Å². The lowest BCUT2D eigenvalue weighted by molar-refractivity contribution is -0.123. The molecule has 0 aliphatic carbocycles. The van der Waals surface area contributed by atoms with Gasteiger partial charge in [-0.25, -0.2) is 4.79 Å². The molecule has 1 aliphatic rings. The van der Waals surface area contributed by atoms with Crippen molar-refractivity contribution in [1.29, 1.82) is 0 Å². The quantitative estimate of drug-likeness (QED) is 0.887. The molecule has 1 heterocycles. The lowest BCUT2D eigenvalue weighted by atomic mass is 9.98. The van der Waals surface area contributed by atoms with E-state index in [1.165, 1.54) is 0 Å². The van der Waals surface area contributed by atoms with Gasteiger partial charge in [-0.1, -0.05) is 0 Å². The van der Waals surface area contributed by atoms with Crippen LogP contribution in [0.3, 0.4) is 0 Å². The highest BCUT2D eigenvalue weighted by Gasteiger charge is 2.26. The predicted octanol–water partition coefficient (Wildman–Crippen LogP) is 1.81. The minimum absolute atomic E-state index is 0.204. The van der Waals surface area contributed by atoms with E-state index in [0.717, 1.165) is 18.6 Å². The minimum atomic E-state index is -0.339. The normalized spacial score (nSPS) is 18.1. The third kappa shape index (κ3) is 4.11. The van der Waals surface area contributed by atoms with Crippen molar-refractivity contribution >= 4 is 17.6 Å². The molecule has 0 spiro atoms. The van der Waals surface area contributed by atoms with Gasteiger partial charge in [-0.3, -0.25) is 4.79 Å².